The van der Waals surface area contributed by atoms with Crippen molar-refractivity contribution in [3.8, 4) is 0 Å². The highest BCUT2D eigenvalue weighted by molar-refractivity contribution is 6.12. The largest absolute Gasteiger partial charge is 0.374 e. The van der Waals surface area contributed by atoms with Crippen LogP contribution in [0.3, 0.4) is 0 Å². The van der Waals surface area contributed by atoms with Crippen LogP contribution in [0.5, 0.6) is 0 Å². The van der Waals surface area contributed by atoms with E-state index in [2.05, 4.69) is 0 Å². The average molecular weight is 531 g/mol. The number of carbonyl (C=O) groups is 4. The zero-order valence-corrected chi connectivity index (χ0v) is 23.1. The van der Waals surface area contributed by atoms with Crippen molar-refractivity contribution in [2.45, 2.75) is 79.1 Å². The molecule has 0 spiro atoms. The zero-order valence-electron chi connectivity index (χ0n) is 23.1. The number of ketones is 1. The van der Waals surface area contributed by atoms with Gasteiger partial charge in [-0.15, -0.1) is 0 Å². The van der Waals surface area contributed by atoms with E-state index in [4.69, 9.17) is 29.3 Å². The third-order valence-electron chi connectivity index (χ3n) is 4.21. The van der Waals surface area contributed by atoms with Gasteiger partial charge >= 0.3 is 17.9 Å². The number of hydrogen-bond donors (Lipinski definition) is 0. The van der Waals surface area contributed by atoms with Gasteiger partial charge in [0.25, 0.3) is 0 Å². The summed E-state index contributed by atoms with van der Waals surface area (Å²) in [7, 11) is 0. The van der Waals surface area contributed by atoms with E-state index in [9.17, 15) is 19.2 Å². The van der Waals surface area contributed by atoms with Crippen molar-refractivity contribution < 1.29 is 48.5 Å². The van der Waals surface area contributed by atoms with Crippen LogP contribution in [0, 0.1) is 0 Å². The summed E-state index contributed by atoms with van der Waals surface area (Å²) in [6, 6.07) is 9.48. The van der Waals surface area contributed by atoms with Crippen LogP contribution in [0.2, 0.25) is 0 Å². The maximum atomic E-state index is 13.1. The van der Waals surface area contributed by atoms with Crippen molar-refractivity contribution in [2.75, 3.05) is 0 Å². The Balaban J connectivity index is 2.33. The third kappa shape index (κ3) is 9.70. The van der Waals surface area contributed by atoms with Gasteiger partial charge in [0.1, 0.15) is 16.8 Å². The lowest BCUT2D eigenvalue weighted by molar-refractivity contribution is -0.302. The Morgan fingerprint density at radius 3 is 1.29 bits per heavy atom. The smallest absolute Gasteiger partial charge is 0.292 e. The summed E-state index contributed by atoms with van der Waals surface area (Å²) in [5.41, 5.74) is -2.28. The minimum absolute atomic E-state index is 0.0763. The van der Waals surface area contributed by atoms with Crippen LogP contribution in [-0.2, 0) is 29.3 Å². The molecule has 0 heterocycles. The maximum Gasteiger partial charge on any atom is 0.374 e. The van der Waals surface area contributed by atoms with E-state index in [1.165, 1.54) is 42.5 Å². The molecule has 0 amide bonds. The molecule has 2 rings (SSSR count). The molecular weight excluding hydrogens is 496 g/mol. The first-order chi connectivity index (χ1) is 17.4. The molecule has 2 aromatic rings. The van der Waals surface area contributed by atoms with Crippen LogP contribution in [0.25, 0.3) is 0 Å². The molecule has 10 nitrogen and oxygen atoms in total. The van der Waals surface area contributed by atoms with Gasteiger partial charge in [0.2, 0.25) is 0 Å². The van der Waals surface area contributed by atoms with E-state index in [1.54, 1.807) is 62.3 Å². The predicted octanol–water partition coefficient (Wildman–Crippen LogP) is 5.58. The van der Waals surface area contributed by atoms with Gasteiger partial charge in [-0.1, -0.05) is 18.2 Å². The lowest BCUT2D eigenvalue weighted by Crippen LogP contribution is -2.25. The number of benzene rings is 2. The van der Waals surface area contributed by atoms with Crippen LogP contribution in [0.15, 0.2) is 42.5 Å². The molecule has 0 aromatic heterocycles. The summed E-state index contributed by atoms with van der Waals surface area (Å²) in [5.74, 6) is -3.16. The van der Waals surface area contributed by atoms with Crippen LogP contribution >= 0.6 is 0 Å². The van der Waals surface area contributed by atoms with E-state index in [-0.39, 0.29) is 27.8 Å². The first-order valence-electron chi connectivity index (χ1n) is 11.9. The Morgan fingerprint density at radius 1 is 0.474 bits per heavy atom. The lowest BCUT2D eigenvalue weighted by atomic mass is 9.97. The van der Waals surface area contributed by atoms with Gasteiger partial charge in [0.05, 0.1) is 16.7 Å². The van der Waals surface area contributed by atoms with Crippen molar-refractivity contribution in [3.05, 3.63) is 70.3 Å². The highest BCUT2D eigenvalue weighted by Gasteiger charge is 2.27. The molecule has 0 saturated carbocycles. The number of hydrogen-bond acceptors (Lipinski definition) is 10. The standard InChI is InChI=1S/C28H34O10/c1-26(2,3)36-33-23(30)18-12-10-17(11-13-18)22(29)19-14-15-20(24(31)34-37-27(4,5)6)21(16-19)25(32)35-38-28(7,8)9/h10-16H,1-9H3. The summed E-state index contributed by atoms with van der Waals surface area (Å²) in [4.78, 5) is 80.5. The Bertz CT molecular complexity index is 1180. The zero-order chi connectivity index (χ0) is 28.9. The molecule has 0 fully saturated rings. The topological polar surface area (TPSA) is 124 Å². The van der Waals surface area contributed by atoms with Crippen LogP contribution in [0.1, 0.15) is 109 Å². The molecule has 10 heteroatoms. The molecular formula is C28H34O10. The molecule has 0 bridgehead atoms. The molecule has 2 aromatic carbocycles. The summed E-state index contributed by atoms with van der Waals surface area (Å²) < 4.78 is 0. The van der Waals surface area contributed by atoms with Gasteiger partial charge in [0, 0.05) is 11.1 Å². The average Bonchev–Trinajstić information content (AvgIpc) is 2.82. The van der Waals surface area contributed by atoms with Crippen molar-refractivity contribution in [3.63, 3.8) is 0 Å². The summed E-state index contributed by atoms with van der Waals surface area (Å²) >= 11 is 0. The van der Waals surface area contributed by atoms with E-state index in [1.807, 2.05) is 0 Å². The van der Waals surface area contributed by atoms with E-state index < -0.39 is 40.5 Å². The fourth-order valence-corrected chi connectivity index (χ4v) is 2.58. The molecule has 0 aliphatic rings. The maximum absolute atomic E-state index is 13.1. The summed E-state index contributed by atoms with van der Waals surface area (Å²) in [6.07, 6.45) is 0. The SMILES string of the molecule is CC(C)(C)OOC(=O)c1ccc(C(=O)c2ccc(C(=O)OOC(C)(C)C)c(C(=O)OOC(C)(C)C)c2)cc1. The summed E-state index contributed by atoms with van der Waals surface area (Å²) in [5, 5.41) is 0. The molecule has 0 aliphatic heterocycles. The first-order valence-corrected chi connectivity index (χ1v) is 11.9. The van der Waals surface area contributed by atoms with Crippen molar-refractivity contribution in [1.29, 1.82) is 0 Å². The molecule has 0 radical (unpaired) electrons. The number of rotatable bonds is 8. The monoisotopic (exact) mass is 530 g/mol. The molecule has 38 heavy (non-hydrogen) atoms. The van der Waals surface area contributed by atoms with Gasteiger partial charge in [-0.25, -0.2) is 14.4 Å². The van der Waals surface area contributed by atoms with E-state index in [0.717, 1.165) is 0 Å². The Morgan fingerprint density at radius 2 is 0.842 bits per heavy atom. The van der Waals surface area contributed by atoms with Crippen molar-refractivity contribution in [2.24, 2.45) is 0 Å². The fraction of sp³-hybridized carbons (Fsp3) is 0.429. The quantitative estimate of drug-likeness (QED) is 0.243. The van der Waals surface area contributed by atoms with Crippen LogP contribution in [-0.4, -0.2) is 40.5 Å². The number of carbonyl (C=O) groups excluding carboxylic acids is 4. The second-order valence-corrected chi connectivity index (χ2v) is 11.4. The molecule has 0 saturated heterocycles. The fourth-order valence-electron chi connectivity index (χ4n) is 2.58. The van der Waals surface area contributed by atoms with Gasteiger partial charge in [-0.2, -0.15) is 14.7 Å². The predicted molar refractivity (Wildman–Crippen MR) is 135 cm³/mol. The first kappa shape index (κ1) is 30.6. The second-order valence-electron chi connectivity index (χ2n) is 11.4. The highest BCUT2D eigenvalue weighted by atomic mass is 17.2. The van der Waals surface area contributed by atoms with Crippen LogP contribution < -0.4 is 0 Å². The van der Waals surface area contributed by atoms with E-state index >= 15 is 0 Å². The molecule has 0 unspecified atom stereocenters. The second kappa shape index (κ2) is 11.8. The normalized spacial score (nSPS) is 12.0. The van der Waals surface area contributed by atoms with Crippen LogP contribution in [0.4, 0.5) is 0 Å². The highest BCUT2D eigenvalue weighted by Crippen LogP contribution is 2.21. The van der Waals surface area contributed by atoms with Gasteiger partial charge < -0.3 is 0 Å². The minimum atomic E-state index is -1.01. The van der Waals surface area contributed by atoms with Crippen molar-refractivity contribution >= 4 is 23.7 Å². The Hall–Kier alpha value is -3.60. The lowest BCUT2D eigenvalue weighted by Gasteiger charge is -2.18. The molecule has 206 valence electrons. The Kier molecular flexibility index (Phi) is 9.55. The molecule has 0 aliphatic carbocycles. The Labute approximate surface area is 221 Å². The van der Waals surface area contributed by atoms with Crippen molar-refractivity contribution in [1.82, 2.24) is 0 Å². The minimum Gasteiger partial charge on any atom is -0.292 e. The molecule has 0 N–H and O–H groups in total. The van der Waals surface area contributed by atoms with E-state index in [0.29, 0.717) is 0 Å². The van der Waals surface area contributed by atoms with Gasteiger partial charge in [-0.3, -0.25) is 19.5 Å². The van der Waals surface area contributed by atoms with Gasteiger partial charge in [0.15, 0.2) is 5.78 Å². The third-order valence-corrected chi connectivity index (χ3v) is 4.21. The molecule has 0 atom stereocenters. The van der Waals surface area contributed by atoms with Gasteiger partial charge in [-0.05, 0) is 86.6 Å². The summed E-state index contributed by atoms with van der Waals surface area (Å²) in [6.45, 7) is 15.2.